The molecule has 0 bridgehead atoms. The van der Waals surface area contributed by atoms with Gasteiger partial charge in [0.05, 0.1) is 18.4 Å². The van der Waals surface area contributed by atoms with Crippen molar-refractivity contribution in [3.63, 3.8) is 0 Å². The predicted octanol–water partition coefficient (Wildman–Crippen LogP) is 3.13. The van der Waals surface area contributed by atoms with Gasteiger partial charge in [0.1, 0.15) is 0 Å². The zero-order valence-electron chi connectivity index (χ0n) is 11.4. The highest BCUT2D eigenvalue weighted by atomic mass is 16.5. The normalized spacial score (nSPS) is 10.3. The molecular weight excluding hydrogens is 238 g/mol. The maximum absolute atomic E-state index is 12.5. The molecule has 0 radical (unpaired) electrons. The molecule has 0 heterocycles. The third kappa shape index (κ3) is 2.45. The van der Waals surface area contributed by atoms with Crippen molar-refractivity contribution in [3.05, 3.63) is 58.7 Å². The Bertz CT molecular complexity index is 633. The number of carbonyl (C=O) groups is 1. The number of ether oxygens (including phenoxy) is 1. The van der Waals surface area contributed by atoms with Crippen LogP contribution in [-0.4, -0.2) is 12.9 Å². The minimum absolute atomic E-state index is 0.0766. The molecule has 0 aliphatic carbocycles. The number of methoxy groups -OCH3 is 1. The molecule has 19 heavy (non-hydrogen) atoms. The van der Waals surface area contributed by atoms with E-state index in [1.165, 1.54) is 7.11 Å². The van der Waals surface area contributed by atoms with Gasteiger partial charge in [0, 0.05) is 5.56 Å². The first-order valence-corrected chi connectivity index (χ1v) is 6.09. The van der Waals surface area contributed by atoms with Crippen LogP contribution in [0.2, 0.25) is 0 Å². The van der Waals surface area contributed by atoms with Gasteiger partial charge in [-0.2, -0.15) is 0 Å². The average Bonchev–Trinajstić information content (AvgIpc) is 2.40. The van der Waals surface area contributed by atoms with E-state index in [1.54, 1.807) is 18.2 Å². The van der Waals surface area contributed by atoms with E-state index in [1.807, 2.05) is 32.0 Å². The predicted molar refractivity (Wildman–Crippen MR) is 76.8 cm³/mol. The van der Waals surface area contributed by atoms with Gasteiger partial charge in [0.25, 0.3) is 0 Å². The third-order valence-corrected chi connectivity index (χ3v) is 3.26. The third-order valence-electron chi connectivity index (χ3n) is 3.26. The van der Waals surface area contributed by atoms with Crippen LogP contribution in [0.4, 0.5) is 5.69 Å². The Hall–Kier alpha value is -2.29. The van der Waals surface area contributed by atoms with Crippen molar-refractivity contribution >= 4 is 11.5 Å². The van der Waals surface area contributed by atoms with Crippen LogP contribution < -0.4 is 10.5 Å². The van der Waals surface area contributed by atoms with Gasteiger partial charge >= 0.3 is 0 Å². The number of hydrogen-bond acceptors (Lipinski definition) is 3. The summed E-state index contributed by atoms with van der Waals surface area (Å²) in [6.45, 7) is 4.01. The molecule has 0 aliphatic rings. The summed E-state index contributed by atoms with van der Waals surface area (Å²) in [5.74, 6) is 0.359. The molecule has 2 aromatic rings. The molecule has 0 unspecified atom stereocenters. The second-order valence-corrected chi connectivity index (χ2v) is 4.56. The number of hydrogen-bond donors (Lipinski definition) is 1. The molecule has 0 aromatic heterocycles. The fraction of sp³-hybridized carbons (Fsp3) is 0.188. The van der Waals surface area contributed by atoms with Crippen LogP contribution in [0.5, 0.6) is 5.75 Å². The van der Waals surface area contributed by atoms with Crippen LogP contribution in [0, 0.1) is 13.8 Å². The fourth-order valence-electron chi connectivity index (χ4n) is 2.00. The first kappa shape index (κ1) is 13.1. The van der Waals surface area contributed by atoms with Gasteiger partial charge in [-0.05, 0) is 43.2 Å². The number of aryl methyl sites for hydroxylation is 2. The Morgan fingerprint density at radius 1 is 1.11 bits per heavy atom. The Labute approximate surface area is 113 Å². The number of benzene rings is 2. The van der Waals surface area contributed by atoms with Crippen molar-refractivity contribution in [2.75, 3.05) is 12.8 Å². The summed E-state index contributed by atoms with van der Waals surface area (Å²) in [7, 11) is 1.52. The van der Waals surface area contributed by atoms with Gasteiger partial charge in [-0.25, -0.2) is 0 Å². The van der Waals surface area contributed by atoms with E-state index < -0.39 is 0 Å². The van der Waals surface area contributed by atoms with Crippen LogP contribution in [0.3, 0.4) is 0 Å². The lowest BCUT2D eigenvalue weighted by molar-refractivity contribution is 0.103. The van der Waals surface area contributed by atoms with Crippen LogP contribution in [0.15, 0.2) is 36.4 Å². The highest BCUT2D eigenvalue weighted by Gasteiger charge is 2.16. The summed E-state index contributed by atoms with van der Waals surface area (Å²) >= 11 is 0. The van der Waals surface area contributed by atoms with Crippen LogP contribution in [0.1, 0.15) is 27.0 Å². The van der Waals surface area contributed by atoms with Crippen LogP contribution in [0.25, 0.3) is 0 Å². The number of ketones is 1. The standard InChI is InChI=1S/C16H17NO2/c1-10-7-8-12(9-11(10)2)15(18)13-5-4-6-14(17)16(13)19-3/h4-9H,17H2,1-3H3. The number of nitrogen functional groups attached to an aromatic ring is 1. The first-order chi connectivity index (χ1) is 9.04. The van der Waals surface area contributed by atoms with Gasteiger partial charge < -0.3 is 10.5 Å². The molecule has 2 aromatic carbocycles. The minimum atomic E-state index is -0.0766. The van der Waals surface area contributed by atoms with Gasteiger partial charge in [-0.1, -0.05) is 18.2 Å². The number of rotatable bonds is 3. The van der Waals surface area contributed by atoms with Crippen molar-refractivity contribution in [1.29, 1.82) is 0 Å². The summed E-state index contributed by atoms with van der Waals surface area (Å²) in [6, 6.07) is 10.9. The molecule has 0 saturated heterocycles. The van der Waals surface area contributed by atoms with E-state index >= 15 is 0 Å². The van der Waals surface area contributed by atoms with Gasteiger partial charge in [0.2, 0.25) is 0 Å². The van der Waals surface area contributed by atoms with E-state index in [9.17, 15) is 4.79 Å². The van der Waals surface area contributed by atoms with Crippen LogP contribution >= 0.6 is 0 Å². The van der Waals surface area contributed by atoms with E-state index in [0.29, 0.717) is 22.6 Å². The largest absolute Gasteiger partial charge is 0.494 e. The Kier molecular flexibility index (Phi) is 3.56. The molecule has 2 N–H and O–H groups in total. The van der Waals surface area contributed by atoms with Gasteiger partial charge in [0.15, 0.2) is 11.5 Å². The number of para-hydroxylation sites is 1. The van der Waals surface area contributed by atoms with E-state index in [4.69, 9.17) is 10.5 Å². The molecular formula is C16H17NO2. The lowest BCUT2D eigenvalue weighted by Gasteiger charge is -2.11. The summed E-state index contributed by atoms with van der Waals surface area (Å²) in [6.07, 6.45) is 0. The monoisotopic (exact) mass is 255 g/mol. The highest BCUT2D eigenvalue weighted by molar-refractivity contribution is 6.11. The summed E-state index contributed by atoms with van der Waals surface area (Å²) in [4.78, 5) is 12.5. The Morgan fingerprint density at radius 3 is 2.47 bits per heavy atom. The van der Waals surface area contributed by atoms with E-state index in [0.717, 1.165) is 11.1 Å². The minimum Gasteiger partial charge on any atom is -0.494 e. The lowest BCUT2D eigenvalue weighted by atomic mass is 9.98. The quantitative estimate of drug-likeness (QED) is 0.677. The van der Waals surface area contributed by atoms with Crippen molar-refractivity contribution in [2.24, 2.45) is 0 Å². The van der Waals surface area contributed by atoms with E-state index in [2.05, 4.69) is 0 Å². The summed E-state index contributed by atoms with van der Waals surface area (Å²) in [5.41, 5.74) is 9.69. The Balaban J connectivity index is 2.50. The maximum atomic E-state index is 12.5. The van der Waals surface area contributed by atoms with Crippen LogP contribution in [-0.2, 0) is 0 Å². The molecule has 3 nitrogen and oxygen atoms in total. The zero-order valence-corrected chi connectivity index (χ0v) is 11.4. The molecule has 98 valence electrons. The molecule has 0 saturated carbocycles. The number of carbonyl (C=O) groups excluding carboxylic acids is 1. The van der Waals surface area contributed by atoms with Crippen molar-refractivity contribution < 1.29 is 9.53 Å². The Morgan fingerprint density at radius 2 is 1.84 bits per heavy atom. The first-order valence-electron chi connectivity index (χ1n) is 6.09. The molecule has 0 amide bonds. The van der Waals surface area contributed by atoms with Gasteiger partial charge in [-0.15, -0.1) is 0 Å². The summed E-state index contributed by atoms with van der Waals surface area (Å²) in [5, 5.41) is 0. The molecule has 3 heteroatoms. The lowest BCUT2D eigenvalue weighted by Crippen LogP contribution is -2.06. The molecule has 0 spiro atoms. The number of nitrogens with two attached hydrogens (primary N) is 1. The SMILES string of the molecule is COc1c(N)cccc1C(=O)c1ccc(C)c(C)c1. The second kappa shape index (κ2) is 5.14. The van der Waals surface area contributed by atoms with E-state index in [-0.39, 0.29) is 5.78 Å². The number of anilines is 1. The van der Waals surface area contributed by atoms with Gasteiger partial charge in [-0.3, -0.25) is 4.79 Å². The molecule has 2 rings (SSSR count). The van der Waals surface area contributed by atoms with Crippen molar-refractivity contribution in [2.45, 2.75) is 13.8 Å². The second-order valence-electron chi connectivity index (χ2n) is 4.56. The molecule has 0 aliphatic heterocycles. The van der Waals surface area contributed by atoms with Crippen molar-refractivity contribution in [1.82, 2.24) is 0 Å². The molecule has 0 fully saturated rings. The average molecular weight is 255 g/mol. The summed E-state index contributed by atoms with van der Waals surface area (Å²) < 4.78 is 5.23. The zero-order chi connectivity index (χ0) is 14.0. The fourth-order valence-corrected chi connectivity index (χ4v) is 2.00. The smallest absolute Gasteiger partial charge is 0.196 e. The molecule has 0 atom stereocenters. The topological polar surface area (TPSA) is 52.3 Å². The highest BCUT2D eigenvalue weighted by Crippen LogP contribution is 2.28. The van der Waals surface area contributed by atoms with Crippen molar-refractivity contribution in [3.8, 4) is 5.75 Å². The maximum Gasteiger partial charge on any atom is 0.196 e.